The van der Waals surface area contributed by atoms with E-state index in [1.807, 2.05) is 49.3 Å². The first-order valence-electron chi connectivity index (χ1n) is 8.39. The maximum Gasteiger partial charge on any atom is 0.264 e. The lowest BCUT2D eigenvalue weighted by molar-refractivity contribution is -0.0258. The number of nitrogens with zero attached hydrogens (tertiary/aromatic N) is 2. The van der Waals surface area contributed by atoms with E-state index in [4.69, 9.17) is 4.84 Å². The van der Waals surface area contributed by atoms with Gasteiger partial charge < -0.3 is 10.2 Å². The molecule has 1 amide bonds. The third-order valence-corrected chi connectivity index (χ3v) is 5.76. The highest BCUT2D eigenvalue weighted by molar-refractivity contribution is 7.89. The molecule has 0 fully saturated rings. The average Bonchev–Trinajstić information content (AvgIpc) is 2.67. The van der Waals surface area contributed by atoms with Gasteiger partial charge in [-0.25, -0.2) is 8.42 Å². The Balaban J connectivity index is 2.19. The molecule has 0 saturated carbocycles. The molecule has 7 nitrogen and oxygen atoms in total. The van der Waals surface area contributed by atoms with Crippen LogP contribution in [-0.2, 0) is 14.9 Å². The number of carbonyl (C=O) groups excluding carboxylic acids is 1. The van der Waals surface area contributed by atoms with E-state index in [0.717, 1.165) is 10.0 Å². The van der Waals surface area contributed by atoms with Gasteiger partial charge in [0.15, 0.2) is 0 Å². The third kappa shape index (κ3) is 5.36. The largest absolute Gasteiger partial charge is 0.344 e. The number of rotatable bonds is 8. The van der Waals surface area contributed by atoms with Gasteiger partial charge in [0.1, 0.15) is 0 Å². The Kier molecular flexibility index (Phi) is 7.09. The van der Waals surface area contributed by atoms with E-state index in [1.165, 1.54) is 38.4 Å². The zero-order chi connectivity index (χ0) is 20.0. The van der Waals surface area contributed by atoms with E-state index in [9.17, 15) is 13.2 Å². The van der Waals surface area contributed by atoms with Gasteiger partial charge in [0.05, 0.1) is 18.0 Å². The molecule has 2 rings (SSSR count). The van der Waals surface area contributed by atoms with Crippen molar-refractivity contribution in [3.63, 3.8) is 0 Å². The first-order valence-corrected chi connectivity index (χ1v) is 9.83. The predicted octanol–water partition coefficient (Wildman–Crippen LogP) is 1.90. The van der Waals surface area contributed by atoms with E-state index in [2.05, 4.69) is 5.32 Å². The number of benzene rings is 2. The van der Waals surface area contributed by atoms with E-state index < -0.39 is 10.0 Å². The number of likely N-dealkylation sites (N-methyl/N-ethyl adjacent to an activating group) is 1. The highest BCUT2D eigenvalue weighted by Gasteiger charge is 2.22. The van der Waals surface area contributed by atoms with Crippen molar-refractivity contribution in [2.75, 3.05) is 34.8 Å². The minimum absolute atomic E-state index is 0.0521. The lowest BCUT2D eigenvalue weighted by atomic mass is 10.1. The molecule has 27 heavy (non-hydrogen) atoms. The highest BCUT2D eigenvalue weighted by Crippen LogP contribution is 2.17. The molecule has 0 bridgehead atoms. The Bertz CT molecular complexity index is 852. The van der Waals surface area contributed by atoms with E-state index in [0.29, 0.717) is 12.1 Å². The summed E-state index contributed by atoms with van der Waals surface area (Å²) in [6.45, 7) is 0.640. The molecule has 1 N–H and O–H groups in total. The maximum absolute atomic E-state index is 12.6. The molecule has 0 spiro atoms. The molecule has 2 aromatic carbocycles. The number of carbonyl (C=O) groups is 1. The number of amides is 1. The summed E-state index contributed by atoms with van der Waals surface area (Å²) in [6, 6.07) is 15.3. The maximum atomic E-state index is 12.6. The lowest BCUT2D eigenvalue weighted by Crippen LogP contribution is -2.35. The second-order valence-electron chi connectivity index (χ2n) is 6.32. The minimum Gasteiger partial charge on any atom is -0.344 e. The van der Waals surface area contributed by atoms with Crippen LogP contribution in [0.1, 0.15) is 22.0 Å². The fraction of sp³-hybridized carbons (Fsp3) is 0.316. The Morgan fingerprint density at radius 3 is 2.15 bits per heavy atom. The van der Waals surface area contributed by atoms with Gasteiger partial charge in [0, 0.05) is 19.2 Å². The predicted molar refractivity (Wildman–Crippen MR) is 104 cm³/mol. The van der Waals surface area contributed by atoms with Gasteiger partial charge in [-0.05, 0) is 43.9 Å². The minimum atomic E-state index is -3.74. The Morgan fingerprint density at radius 2 is 1.63 bits per heavy atom. The monoisotopic (exact) mass is 391 g/mol. The summed E-state index contributed by atoms with van der Waals surface area (Å²) in [4.78, 5) is 19.4. The molecule has 0 aliphatic heterocycles. The van der Waals surface area contributed by atoms with Crippen molar-refractivity contribution in [2.24, 2.45) is 0 Å². The summed E-state index contributed by atoms with van der Waals surface area (Å²) >= 11 is 0. The van der Waals surface area contributed by atoms with Crippen LogP contribution in [0, 0.1) is 0 Å². The topological polar surface area (TPSA) is 78.9 Å². The molecule has 1 atom stereocenters. The Morgan fingerprint density at radius 1 is 1.04 bits per heavy atom. The van der Waals surface area contributed by atoms with Crippen molar-refractivity contribution in [1.29, 1.82) is 0 Å². The lowest BCUT2D eigenvalue weighted by Gasteiger charge is -2.23. The zero-order valence-electron chi connectivity index (χ0n) is 15.9. The fourth-order valence-corrected chi connectivity index (χ4v) is 3.52. The van der Waals surface area contributed by atoms with Gasteiger partial charge >= 0.3 is 0 Å². The molecule has 0 radical (unpaired) electrons. The van der Waals surface area contributed by atoms with Crippen molar-refractivity contribution in [1.82, 2.24) is 14.7 Å². The Labute approximate surface area is 160 Å². The summed E-state index contributed by atoms with van der Waals surface area (Å²) in [5.74, 6) is -0.269. The van der Waals surface area contributed by atoms with Crippen LogP contribution in [0.5, 0.6) is 0 Å². The van der Waals surface area contributed by atoms with E-state index in [-0.39, 0.29) is 16.8 Å². The van der Waals surface area contributed by atoms with Crippen LogP contribution >= 0.6 is 0 Å². The number of hydrogen-bond donors (Lipinski definition) is 1. The molecule has 0 unspecified atom stereocenters. The standard InChI is InChI=1S/C19H25N3O4S/c1-21(2)14-18(15-8-6-5-7-9-15)20-19(23)16-10-12-17(13-11-16)27(24,25)22(3)26-4/h5-13,18H,14H2,1-4H3,(H,20,23)/t18-/m1/s1. The summed E-state index contributed by atoms with van der Waals surface area (Å²) < 4.78 is 25.2. The van der Waals surface area contributed by atoms with E-state index in [1.54, 1.807) is 0 Å². The van der Waals surface area contributed by atoms with Crippen molar-refractivity contribution in [3.8, 4) is 0 Å². The summed E-state index contributed by atoms with van der Waals surface area (Å²) in [5, 5.41) is 3.01. The molecule has 0 aromatic heterocycles. The molecule has 0 aliphatic rings. The van der Waals surface area contributed by atoms with Gasteiger partial charge in [0.2, 0.25) is 0 Å². The zero-order valence-corrected chi connectivity index (χ0v) is 16.7. The van der Waals surface area contributed by atoms with Gasteiger partial charge in [-0.2, -0.15) is 0 Å². The average molecular weight is 391 g/mol. The molecule has 0 saturated heterocycles. The van der Waals surface area contributed by atoms with E-state index >= 15 is 0 Å². The summed E-state index contributed by atoms with van der Waals surface area (Å²) in [7, 11) is 2.72. The van der Waals surface area contributed by atoms with Crippen LogP contribution in [0.4, 0.5) is 0 Å². The molecule has 8 heteroatoms. The van der Waals surface area contributed by atoms with Gasteiger partial charge in [-0.3, -0.25) is 9.63 Å². The quantitative estimate of drug-likeness (QED) is 0.696. The van der Waals surface area contributed by atoms with Crippen LogP contribution in [0.25, 0.3) is 0 Å². The first kappa shape index (κ1) is 21.0. The van der Waals surface area contributed by atoms with Crippen LogP contribution in [0.15, 0.2) is 59.5 Å². The fourth-order valence-electron chi connectivity index (χ4n) is 2.55. The van der Waals surface area contributed by atoms with Crippen molar-refractivity contribution in [2.45, 2.75) is 10.9 Å². The van der Waals surface area contributed by atoms with Gasteiger partial charge in [0.25, 0.3) is 15.9 Å². The molecular formula is C19H25N3O4S. The second-order valence-corrected chi connectivity index (χ2v) is 8.26. The van der Waals surface area contributed by atoms with Crippen molar-refractivity contribution < 1.29 is 18.0 Å². The Hall–Kier alpha value is -2.26. The SMILES string of the molecule is CON(C)S(=O)(=O)c1ccc(C(=O)N[C@H](CN(C)C)c2ccccc2)cc1. The molecule has 2 aromatic rings. The van der Waals surface area contributed by atoms with Gasteiger partial charge in [-0.15, -0.1) is 0 Å². The summed E-state index contributed by atoms with van der Waals surface area (Å²) in [6.07, 6.45) is 0. The third-order valence-electron chi connectivity index (χ3n) is 4.06. The first-order chi connectivity index (χ1) is 12.8. The van der Waals surface area contributed by atoms with Crippen molar-refractivity contribution >= 4 is 15.9 Å². The summed E-state index contributed by atoms with van der Waals surface area (Å²) in [5.41, 5.74) is 1.38. The van der Waals surface area contributed by atoms with Crippen LogP contribution in [0.3, 0.4) is 0 Å². The molecular weight excluding hydrogens is 366 g/mol. The second kappa shape index (κ2) is 9.09. The molecule has 0 heterocycles. The van der Waals surface area contributed by atoms with Crippen LogP contribution in [-0.4, -0.2) is 58.5 Å². The van der Waals surface area contributed by atoms with Crippen molar-refractivity contribution in [3.05, 3.63) is 65.7 Å². The smallest absolute Gasteiger partial charge is 0.264 e. The number of sulfonamides is 1. The highest BCUT2D eigenvalue weighted by atomic mass is 32.2. The normalized spacial score (nSPS) is 13.0. The number of nitrogens with one attached hydrogen (secondary N) is 1. The number of hydroxylamine groups is 1. The number of hydrogen-bond acceptors (Lipinski definition) is 5. The van der Waals surface area contributed by atoms with Crippen LogP contribution in [0.2, 0.25) is 0 Å². The van der Waals surface area contributed by atoms with Gasteiger partial charge in [-0.1, -0.05) is 34.8 Å². The molecule has 146 valence electrons. The van der Waals surface area contributed by atoms with Crippen LogP contribution < -0.4 is 5.32 Å². The molecule has 0 aliphatic carbocycles.